The fourth-order valence-corrected chi connectivity index (χ4v) is 2.70. The number of aryl methyl sites for hydroxylation is 1. The Morgan fingerprint density at radius 3 is 2.86 bits per heavy atom. The number of fused-ring (bicyclic) bond motifs is 1. The molecule has 0 aliphatic carbocycles. The first-order valence-electron chi connectivity index (χ1n) is 6.77. The second-order valence-corrected chi connectivity index (χ2v) is 5.25. The monoisotopic (exact) mass is 286 g/mol. The number of hydrogen-bond acceptors (Lipinski definition) is 3. The first-order chi connectivity index (χ1) is 10.0. The lowest BCUT2D eigenvalue weighted by Gasteiger charge is -2.30. The van der Waals surface area contributed by atoms with Crippen LogP contribution >= 0.6 is 0 Å². The standard InChI is InChI=1S/C16H15FN2O2/c1-10-6-14(8-18-15(10)16(20)21)19-5-4-11-7-13(17)3-2-12(11)9-19/h2-3,6-8H,4-5,9H2,1H3,(H,20,21). The van der Waals surface area contributed by atoms with Crippen molar-refractivity contribution in [2.45, 2.75) is 19.9 Å². The SMILES string of the molecule is Cc1cc(N2CCc3cc(F)ccc3C2)cnc1C(=O)O. The zero-order valence-electron chi connectivity index (χ0n) is 11.6. The van der Waals surface area contributed by atoms with Gasteiger partial charge >= 0.3 is 5.97 Å². The van der Waals surface area contributed by atoms with Crippen LogP contribution < -0.4 is 4.90 Å². The first kappa shape index (κ1) is 13.5. The molecule has 2 heterocycles. The molecule has 108 valence electrons. The number of hydrogen-bond donors (Lipinski definition) is 1. The van der Waals surface area contributed by atoms with Crippen molar-refractivity contribution in [2.75, 3.05) is 11.4 Å². The molecule has 2 aromatic rings. The minimum atomic E-state index is -1.02. The van der Waals surface area contributed by atoms with Crippen molar-refractivity contribution in [3.8, 4) is 0 Å². The Hall–Kier alpha value is -2.43. The van der Waals surface area contributed by atoms with E-state index in [0.29, 0.717) is 12.1 Å². The Morgan fingerprint density at radius 1 is 1.33 bits per heavy atom. The number of aromatic carboxylic acids is 1. The summed E-state index contributed by atoms with van der Waals surface area (Å²) in [6, 6.07) is 6.71. The minimum Gasteiger partial charge on any atom is -0.477 e. The molecule has 0 amide bonds. The molecule has 0 fully saturated rings. The summed E-state index contributed by atoms with van der Waals surface area (Å²) in [7, 11) is 0. The highest BCUT2D eigenvalue weighted by atomic mass is 19.1. The first-order valence-corrected chi connectivity index (χ1v) is 6.77. The molecule has 0 atom stereocenters. The summed E-state index contributed by atoms with van der Waals surface area (Å²) in [6.45, 7) is 3.19. The Bertz CT molecular complexity index is 715. The molecule has 1 aliphatic rings. The highest BCUT2D eigenvalue weighted by molar-refractivity contribution is 5.87. The van der Waals surface area contributed by atoms with E-state index in [1.54, 1.807) is 19.2 Å². The van der Waals surface area contributed by atoms with E-state index in [-0.39, 0.29) is 11.5 Å². The smallest absolute Gasteiger partial charge is 0.354 e. The van der Waals surface area contributed by atoms with Gasteiger partial charge in [0.25, 0.3) is 0 Å². The van der Waals surface area contributed by atoms with Gasteiger partial charge in [0.1, 0.15) is 5.82 Å². The average Bonchev–Trinajstić information content (AvgIpc) is 2.46. The summed E-state index contributed by atoms with van der Waals surface area (Å²) in [5.74, 6) is -1.22. The number of aromatic nitrogens is 1. The summed E-state index contributed by atoms with van der Waals surface area (Å²) >= 11 is 0. The van der Waals surface area contributed by atoms with E-state index in [4.69, 9.17) is 5.11 Å². The fourth-order valence-electron chi connectivity index (χ4n) is 2.70. The third-order valence-electron chi connectivity index (χ3n) is 3.81. The van der Waals surface area contributed by atoms with Crippen LogP contribution in [-0.2, 0) is 13.0 Å². The fraction of sp³-hybridized carbons (Fsp3) is 0.250. The van der Waals surface area contributed by atoms with Crippen LogP contribution in [0.3, 0.4) is 0 Å². The molecular weight excluding hydrogens is 271 g/mol. The van der Waals surface area contributed by atoms with E-state index in [1.807, 2.05) is 12.1 Å². The predicted octanol–water partition coefficient (Wildman–Crippen LogP) is 2.79. The Balaban J connectivity index is 1.88. The van der Waals surface area contributed by atoms with Gasteiger partial charge in [-0.25, -0.2) is 14.2 Å². The van der Waals surface area contributed by atoms with Gasteiger partial charge in [0.05, 0.1) is 11.9 Å². The highest BCUT2D eigenvalue weighted by Gasteiger charge is 2.18. The maximum Gasteiger partial charge on any atom is 0.354 e. The molecule has 21 heavy (non-hydrogen) atoms. The second kappa shape index (κ2) is 5.16. The van der Waals surface area contributed by atoms with Crippen LogP contribution in [0.5, 0.6) is 0 Å². The van der Waals surface area contributed by atoms with Gasteiger partial charge in [0.15, 0.2) is 5.69 Å². The molecule has 0 bridgehead atoms. The largest absolute Gasteiger partial charge is 0.477 e. The zero-order chi connectivity index (χ0) is 15.0. The van der Waals surface area contributed by atoms with Gasteiger partial charge in [0.2, 0.25) is 0 Å². The van der Waals surface area contributed by atoms with Crippen molar-refractivity contribution in [2.24, 2.45) is 0 Å². The van der Waals surface area contributed by atoms with E-state index in [0.717, 1.165) is 29.8 Å². The molecule has 0 radical (unpaired) electrons. The molecule has 0 saturated carbocycles. The lowest BCUT2D eigenvalue weighted by atomic mass is 9.99. The summed E-state index contributed by atoms with van der Waals surface area (Å²) < 4.78 is 13.2. The zero-order valence-corrected chi connectivity index (χ0v) is 11.6. The van der Waals surface area contributed by atoms with Crippen LogP contribution in [0.1, 0.15) is 27.2 Å². The summed E-state index contributed by atoms with van der Waals surface area (Å²) in [5, 5.41) is 9.01. The van der Waals surface area contributed by atoms with E-state index in [9.17, 15) is 9.18 Å². The van der Waals surface area contributed by atoms with Gasteiger partial charge in [-0.3, -0.25) is 0 Å². The lowest BCUT2D eigenvalue weighted by molar-refractivity contribution is 0.0689. The number of carboxylic acid groups (broad SMARTS) is 1. The van der Waals surface area contributed by atoms with Gasteiger partial charge in [-0.05, 0) is 48.2 Å². The third kappa shape index (κ3) is 2.59. The van der Waals surface area contributed by atoms with Crippen LogP contribution in [0.4, 0.5) is 10.1 Å². The van der Waals surface area contributed by atoms with Gasteiger partial charge in [-0.15, -0.1) is 0 Å². The number of halogens is 1. The number of carbonyl (C=O) groups is 1. The third-order valence-corrected chi connectivity index (χ3v) is 3.81. The molecule has 1 aliphatic heterocycles. The molecule has 0 spiro atoms. The van der Waals surface area contributed by atoms with Crippen LogP contribution in [0.25, 0.3) is 0 Å². The summed E-state index contributed by atoms with van der Waals surface area (Å²) in [4.78, 5) is 17.1. The number of benzene rings is 1. The van der Waals surface area contributed by atoms with Crippen LogP contribution in [0.2, 0.25) is 0 Å². The number of carboxylic acids is 1. The van der Waals surface area contributed by atoms with Crippen molar-refractivity contribution in [1.82, 2.24) is 4.98 Å². The van der Waals surface area contributed by atoms with E-state index in [2.05, 4.69) is 9.88 Å². The van der Waals surface area contributed by atoms with Crippen LogP contribution in [0, 0.1) is 12.7 Å². The predicted molar refractivity (Wildman–Crippen MR) is 77.1 cm³/mol. The van der Waals surface area contributed by atoms with E-state index in [1.165, 1.54) is 6.07 Å². The van der Waals surface area contributed by atoms with Gasteiger partial charge in [-0.2, -0.15) is 0 Å². The molecule has 1 N–H and O–H groups in total. The molecule has 0 saturated heterocycles. The van der Waals surface area contributed by atoms with Crippen molar-refractivity contribution in [1.29, 1.82) is 0 Å². The molecule has 4 nitrogen and oxygen atoms in total. The van der Waals surface area contributed by atoms with E-state index < -0.39 is 5.97 Å². The minimum absolute atomic E-state index is 0.0817. The second-order valence-electron chi connectivity index (χ2n) is 5.25. The number of anilines is 1. The highest BCUT2D eigenvalue weighted by Crippen LogP contribution is 2.25. The molecule has 1 aromatic carbocycles. The topological polar surface area (TPSA) is 53.4 Å². The van der Waals surface area contributed by atoms with Crippen molar-refractivity contribution in [3.05, 3.63) is 58.7 Å². The molecule has 1 aromatic heterocycles. The quantitative estimate of drug-likeness (QED) is 0.922. The summed E-state index contributed by atoms with van der Waals surface area (Å²) in [5.41, 5.74) is 3.76. The van der Waals surface area contributed by atoms with Crippen molar-refractivity contribution >= 4 is 11.7 Å². The lowest BCUT2D eigenvalue weighted by Crippen LogP contribution is -2.30. The van der Waals surface area contributed by atoms with Crippen LogP contribution in [-0.4, -0.2) is 22.6 Å². The Labute approximate surface area is 121 Å². The van der Waals surface area contributed by atoms with Gasteiger partial charge in [0, 0.05) is 13.1 Å². The van der Waals surface area contributed by atoms with Gasteiger partial charge in [-0.1, -0.05) is 6.07 Å². The maximum atomic E-state index is 13.2. The number of nitrogens with zero attached hydrogens (tertiary/aromatic N) is 2. The Kier molecular flexibility index (Phi) is 3.33. The van der Waals surface area contributed by atoms with E-state index >= 15 is 0 Å². The summed E-state index contributed by atoms with van der Waals surface area (Å²) in [6.07, 6.45) is 2.36. The van der Waals surface area contributed by atoms with Crippen molar-refractivity contribution < 1.29 is 14.3 Å². The molecule has 5 heteroatoms. The molecule has 0 unspecified atom stereocenters. The molecular formula is C16H15FN2O2. The Morgan fingerprint density at radius 2 is 2.14 bits per heavy atom. The van der Waals surface area contributed by atoms with Gasteiger partial charge < -0.3 is 10.0 Å². The van der Waals surface area contributed by atoms with Crippen molar-refractivity contribution in [3.63, 3.8) is 0 Å². The molecule has 3 rings (SSSR count). The number of pyridine rings is 1. The average molecular weight is 286 g/mol. The normalized spacial score (nSPS) is 13.9. The number of rotatable bonds is 2. The van der Waals surface area contributed by atoms with Crippen LogP contribution in [0.15, 0.2) is 30.5 Å². The maximum absolute atomic E-state index is 13.2.